The van der Waals surface area contributed by atoms with Gasteiger partial charge in [0, 0.05) is 17.7 Å². The molecule has 0 fully saturated rings. The van der Waals surface area contributed by atoms with E-state index in [-0.39, 0.29) is 11.4 Å². The van der Waals surface area contributed by atoms with Gasteiger partial charge in [-0.15, -0.1) is 0 Å². The summed E-state index contributed by atoms with van der Waals surface area (Å²) in [7, 11) is 0. The van der Waals surface area contributed by atoms with Crippen molar-refractivity contribution < 1.29 is 9.72 Å². The van der Waals surface area contributed by atoms with Crippen LogP contribution < -0.4 is 5.73 Å². The van der Waals surface area contributed by atoms with Gasteiger partial charge in [-0.1, -0.05) is 0 Å². The predicted molar refractivity (Wildman–Crippen MR) is 59.2 cm³/mol. The highest BCUT2D eigenvalue weighted by Gasteiger charge is 2.09. The molecule has 0 radical (unpaired) electrons. The molecule has 86 valence electrons. The fraction of sp³-hybridized carbons (Fsp3) is 0. The van der Waals surface area contributed by atoms with Gasteiger partial charge in [0.25, 0.3) is 11.6 Å². The van der Waals surface area contributed by atoms with E-state index in [0.717, 1.165) is 0 Å². The van der Waals surface area contributed by atoms with Gasteiger partial charge in [-0.3, -0.25) is 20.0 Å². The van der Waals surface area contributed by atoms with Crippen LogP contribution in [0.4, 0.5) is 5.69 Å². The summed E-state index contributed by atoms with van der Waals surface area (Å²) < 4.78 is 0. The molecule has 0 unspecified atom stereocenters. The van der Waals surface area contributed by atoms with E-state index >= 15 is 0 Å². The lowest BCUT2D eigenvalue weighted by Gasteiger charge is -1.95. The van der Waals surface area contributed by atoms with Crippen LogP contribution in [0.25, 0.3) is 11.3 Å². The van der Waals surface area contributed by atoms with E-state index in [1.165, 1.54) is 18.2 Å². The highest BCUT2D eigenvalue weighted by Crippen LogP contribution is 2.20. The Kier molecular flexibility index (Phi) is 2.57. The third-order valence-electron chi connectivity index (χ3n) is 2.22. The number of nitro benzene ring substituents is 1. The number of carbonyl (C=O) groups excluding carboxylic acids is 1. The highest BCUT2D eigenvalue weighted by atomic mass is 16.6. The zero-order valence-electron chi connectivity index (χ0n) is 8.58. The van der Waals surface area contributed by atoms with Crippen molar-refractivity contribution in [1.82, 2.24) is 10.2 Å². The Balaban J connectivity index is 2.33. The van der Waals surface area contributed by atoms with Gasteiger partial charge >= 0.3 is 0 Å². The van der Waals surface area contributed by atoms with E-state index in [1.807, 2.05) is 0 Å². The molecule has 2 rings (SSSR count). The summed E-state index contributed by atoms with van der Waals surface area (Å²) in [6, 6.07) is 7.34. The molecule has 0 spiro atoms. The first-order valence-electron chi connectivity index (χ1n) is 4.68. The van der Waals surface area contributed by atoms with Crippen molar-refractivity contribution in [3.05, 3.63) is 46.1 Å². The van der Waals surface area contributed by atoms with E-state index < -0.39 is 10.8 Å². The minimum absolute atomic E-state index is 0.000546. The van der Waals surface area contributed by atoms with Crippen molar-refractivity contribution in [2.75, 3.05) is 0 Å². The van der Waals surface area contributed by atoms with Crippen molar-refractivity contribution in [2.24, 2.45) is 5.73 Å². The smallest absolute Gasteiger partial charge is 0.269 e. The van der Waals surface area contributed by atoms with Crippen LogP contribution >= 0.6 is 0 Å². The van der Waals surface area contributed by atoms with Gasteiger partial charge in [-0.25, -0.2) is 0 Å². The van der Waals surface area contributed by atoms with Crippen LogP contribution in [0.3, 0.4) is 0 Å². The molecule has 0 aliphatic heterocycles. The van der Waals surface area contributed by atoms with Crippen LogP contribution in [0.2, 0.25) is 0 Å². The average Bonchev–Trinajstić information content (AvgIpc) is 2.78. The van der Waals surface area contributed by atoms with Crippen molar-refractivity contribution >= 4 is 11.6 Å². The molecule has 1 amide bonds. The first-order chi connectivity index (χ1) is 8.08. The van der Waals surface area contributed by atoms with Gasteiger partial charge < -0.3 is 5.73 Å². The topological polar surface area (TPSA) is 115 Å². The number of aromatic nitrogens is 2. The molecule has 1 aromatic heterocycles. The van der Waals surface area contributed by atoms with Crippen LogP contribution in [0.5, 0.6) is 0 Å². The second-order valence-corrected chi connectivity index (χ2v) is 3.34. The standard InChI is InChI=1S/C10H8N4O3/c11-10(15)9-5-8(12-13-9)6-1-3-7(4-2-6)14(16)17/h1-5H,(H2,11,15)(H,12,13). The Hall–Kier alpha value is -2.70. The fourth-order valence-electron chi connectivity index (χ4n) is 1.35. The normalized spacial score (nSPS) is 10.1. The number of nitro groups is 1. The molecule has 3 N–H and O–H groups in total. The molecule has 7 nitrogen and oxygen atoms in total. The van der Waals surface area contributed by atoms with Gasteiger partial charge in [0.05, 0.1) is 10.6 Å². The number of rotatable bonds is 3. The molecule has 17 heavy (non-hydrogen) atoms. The van der Waals surface area contributed by atoms with Crippen LogP contribution in [0.1, 0.15) is 10.5 Å². The van der Waals surface area contributed by atoms with Crippen LogP contribution in [-0.4, -0.2) is 21.0 Å². The Morgan fingerprint density at radius 2 is 2.00 bits per heavy atom. The van der Waals surface area contributed by atoms with Gasteiger partial charge in [0.2, 0.25) is 0 Å². The number of nitrogens with zero attached hydrogens (tertiary/aromatic N) is 2. The zero-order chi connectivity index (χ0) is 12.4. The van der Waals surface area contributed by atoms with Gasteiger partial charge in [0.15, 0.2) is 0 Å². The quantitative estimate of drug-likeness (QED) is 0.608. The Morgan fingerprint density at radius 1 is 1.35 bits per heavy atom. The van der Waals surface area contributed by atoms with Gasteiger partial charge in [-0.05, 0) is 18.2 Å². The number of hydrogen-bond donors (Lipinski definition) is 2. The van der Waals surface area contributed by atoms with Crippen molar-refractivity contribution in [3.63, 3.8) is 0 Å². The number of non-ortho nitro benzene ring substituents is 1. The number of nitrogens with two attached hydrogens (primary N) is 1. The lowest BCUT2D eigenvalue weighted by Crippen LogP contribution is -2.10. The van der Waals surface area contributed by atoms with Gasteiger partial charge in [0.1, 0.15) is 5.69 Å². The fourth-order valence-corrected chi connectivity index (χ4v) is 1.35. The van der Waals surface area contributed by atoms with E-state index in [4.69, 9.17) is 5.73 Å². The van der Waals surface area contributed by atoms with Crippen LogP contribution in [0.15, 0.2) is 30.3 Å². The maximum Gasteiger partial charge on any atom is 0.269 e. The number of H-pyrrole nitrogens is 1. The van der Waals surface area contributed by atoms with Crippen molar-refractivity contribution in [3.8, 4) is 11.3 Å². The third-order valence-corrected chi connectivity index (χ3v) is 2.22. The molecular weight excluding hydrogens is 224 g/mol. The lowest BCUT2D eigenvalue weighted by molar-refractivity contribution is -0.384. The minimum Gasteiger partial charge on any atom is -0.364 e. The first-order valence-corrected chi connectivity index (χ1v) is 4.68. The Morgan fingerprint density at radius 3 is 2.47 bits per heavy atom. The van der Waals surface area contributed by atoms with E-state index in [0.29, 0.717) is 11.3 Å². The first kappa shape index (κ1) is 10.8. The predicted octanol–water partition coefficient (Wildman–Crippen LogP) is 1.08. The number of aromatic amines is 1. The highest BCUT2D eigenvalue weighted by molar-refractivity contribution is 5.91. The molecule has 0 aliphatic rings. The molecule has 7 heteroatoms. The molecule has 0 aliphatic carbocycles. The summed E-state index contributed by atoms with van der Waals surface area (Å²) in [6.45, 7) is 0. The van der Waals surface area contributed by atoms with E-state index in [9.17, 15) is 14.9 Å². The second kappa shape index (κ2) is 4.05. The van der Waals surface area contributed by atoms with Gasteiger partial charge in [-0.2, -0.15) is 5.10 Å². The molecule has 2 aromatic rings. The minimum atomic E-state index is -0.606. The number of primary amides is 1. The monoisotopic (exact) mass is 232 g/mol. The second-order valence-electron chi connectivity index (χ2n) is 3.34. The third kappa shape index (κ3) is 2.12. The molecular formula is C10H8N4O3. The Bertz CT molecular complexity index is 573. The average molecular weight is 232 g/mol. The summed E-state index contributed by atoms with van der Waals surface area (Å²) in [5, 5.41) is 16.8. The summed E-state index contributed by atoms with van der Waals surface area (Å²) in [6.07, 6.45) is 0. The summed E-state index contributed by atoms with van der Waals surface area (Å²) in [5.74, 6) is -0.606. The maximum absolute atomic E-state index is 10.9. The summed E-state index contributed by atoms with van der Waals surface area (Å²) >= 11 is 0. The zero-order valence-corrected chi connectivity index (χ0v) is 8.58. The van der Waals surface area contributed by atoms with Crippen LogP contribution in [0, 0.1) is 10.1 Å². The Labute approximate surface area is 95.4 Å². The SMILES string of the molecule is NC(=O)c1cc(-c2ccc([N+](=O)[O-])cc2)n[nH]1. The molecule has 0 atom stereocenters. The number of benzene rings is 1. The molecule has 0 saturated carbocycles. The summed E-state index contributed by atoms with van der Waals surface area (Å²) in [5.41, 5.74) is 6.44. The van der Waals surface area contributed by atoms with E-state index in [1.54, 1.807) is 12.1 Å². The maximum atomic E-state index is 10.9. The largest absolute Gasteiger partial charge is 0.364 e. The van der Waals surface area contributed by atoms with Crippen LogP contribution in [-0.2, 0) is 0 Å². The van der Waals surface area contributed by atoms with Crippen molar-refractivity contribution in [1.29, 1.82) is 0 Å². The molecule has 0 saturated heterocycles. The summed E-state index contributed by atoms with van der Waals surface area (Å²) in [4.78, 5) is 20.8. The number of nitrogens with one attached hydrogen (secondary N) is 1. The number of amides is 1. The lowest BCUT2D eigenvalue weighted by atomic mass is 10.1. The molecule has 1 aromatic carbocycles. The number of hydrogen-bond acceptors (Lipinski definition) is 4. The molecule has 1 heterocycles. The number of carbonyl (C=O) groups is 1. The van der Waals surface area contributed by atoms with Crippen molar-refractivity contribution in [2.45, 2.75) is 0 Å². The molecule has 0 bridgehead atoms. The van der Waals surface area contributed by atoms with E-state index in [2.05, 4.69) is 10.2 Å².